The summed E-state index contributed by atoms with van der Waals surface area (Å²) >= 11 is 0. The number of pyridine rings is 1. The van der Waals surface area contributed by atoms with Gasteiger partial charge in [0.15, 0.2) is 5.82 Å². The fourth-order valence-electron chi connectivity index (χ4n) is 9.04. The van der Waals surface area contributed by atoms with Gasteiger partial charge in [-0.1, -0.05) is 25.0 Å². The van der Waals surface area contributed by atoms with Gasteiger partial charge in [-0.05, 0) is 86.3 Å². The standard InChI is InChI=1S/C47H47F3N8O8S/c48-30-15-17-57(27-30)67(64,65)54-38-12-11-37(49)41(42(38)50)43(60)36-26-52-44-34(36)23-29(25-51-44)28-5-8-32(9-6-28)66-22-4-2-1-3-16-55-18-20-56(21-19-55)31-7-10-33-35(24-31)47(63)58(46(33)62)39-13-14-40(59)53-45(39)61/h5-12,23-26,30,39,54H,1-4,13-22,27H2,(H,51,52)(H,53,59,61)/t30-,39?/m1/s1. The van der Waals surface area contributed by atoms with Crippen LogP contribution in [0.1, 0.15) is 81.6 Å². The number of aromatic amines is 1. The molecule has 3 saturated heterocycles. The number of piperazine rings is 1. The molecule has 16 nitrogen and oxygen atoms in total. The zero-order valence-corrected chi connectivity index (χ0v) is 37.1. The van der Waals surface area contributed by atoms with Crippen LogP contribution >= 0.6 is 0 Å². The minimum absolute atomic E-state index is 0.00422. The number of amides is 4. The highest BCUT2D eigenvalue weighted by Crippen LogP contribution is 2.33. The van der Waals surface area contributed by atoms with Crippen molar-refractivity contribution in [1.82, 2.24) is 29.4 Å². The molecule has 4 aliphatic heterocycles. The number of alkyl halides is 1. The quantitative estimate of drug-likeness (QED) is 0.0634. The first-order valence-electron chi connectivity index (χ1n) is 22.2. The first kappa shape index (κ1) is 45.5. The fourth-order valence-corrected chi connectivity index (χ4v) is 10.3. The summed E-state index contributed by atoms with van der Waals surface area (Å²) in [6, 6.07) is 14.9. The van der Waals surface area contributed by atoms with Gasteiger partial charge in [-0.15, -0.1) is 0 Å². The predicted octanol–water partition coefficient (Wildman–Crippen LogP) is 5.60. The number of anilines is 2. The van der Waals surface area contributed by atoms with Crippen molar-refractivity contribution in [1.29, 1.82) is 0 Å². The van der Waals surface area contributed by atoms with Crippen molar-refractivity contribution in [3.8, 4) is 16.9 Å². The number of nitrogens with zero attached hydrogens (tertiary/aromatic N) is 5. The molecule has 0 saturated carbocycles. The first-order chi connectivity index (χ1) is 32.3. The molecule has 3 aromatic carbocycles. The van der Waals surface area contributed by atoms with Crippen LogP contribution in [0.5, 0.6) is 5.75 Å². The third kappa shape index (κ3) is 9.37. The summed E-state index contributed by atoms with van der Waals surface area (Å²) in [6.45, 7) is 4.23. The SMILES string of the molecule is O=C1CCC(N2C(=O)c3ccc(N4CCN(CCCCCCOc5ccc(-c6cnc7[nH]cc(C(=O)c8c(F)ccc(NS(=O)(=O)N9CC[C@@H](F)C9)c8F)c7c6)cc5)CC4)cc3C2=O)C(=O)N1. The maximum Gasteiger partial charge on any atom is 0.301 e. The van der Waals surface area contributed by atoms with Crippen molar-refractivity contribution < 1.29 is 50.3 Å². The summed E-state index contributed by atoms with van der Waals surface area (Å²) in [5.74, 6) is -5.00. The van der Waals surface area contributed by atoms with Crippen LogP contribution in [0.4, 0.5) is 24.5 Å². The third-order valence-electron chi connectivity index (χ3n) is 12.8. The van der Waals surface area contributed by atoms with Crippen molar-refractivity contribution in [3.63, 3.8) is 0 Å². The van der Waals surface area contributed by atoms with Gasteiger partial charge in [0.25, 0.3) is 11.8 Å². The molecule has 0 bridgehead atoms. The number of fused-ring (bicyclic) bond motifs is 2. The summed E-state index contributed by atoms with van der Waals surface area (Å²) in [5.41, 5.74) is 1.41. The largest absolute Gasteiger partial charge is 0.494 e. The number of carbonyl (C=O) groups is 5. The molecule has 0 aliphatic carbocycles. The highest BCUT2D eigenvalue weighted by Gasteiger charge is 2.45. The molecule has 4 amide bonds. The summed E-state index contributed by atoms with van der Waals surface area (Å²) in [7, 11) is -4.36. The second-order valence-electron chi connectivity index (χ2n) is 17.1. The zero-order chi connectivity index (χ0) is 47.0. The lowest BCUT2D eigenvalue weighted by Gasteiger charge is -2.36. The van der Waals surface area contributed by atoms with Crippen LogP contribution in [0, 0.1) is 11.6 Å². The van der Waals surface area contributed by atoms with Crippen molar-refractivity contribution in [3.05, 3.63) is 107 Å². The van der Waals surface area contributed by atoms with E-state index in [4.69, 9.17) is 4.74 Å². The van der Waals surface area contributed by atoms with Gasteiger partial charge < -0.3 is 14.6 Å². The average molecular weight is 941 g/mol. The van der Waals surface area contributed by atoms with Crippen LogP contribution < -0.4 is 19.7 Å². The Morgan fingerprint density at radius 3 is 2.36 bits per heavy atom. The number of nitrogens with one attached hydrogen (secondary N) is 3. The smallest absolute Gasteiger partial charge is 0.301 e. The monoisotopic (exact) mass is 940 g/mol. The van der Waals surface area contributed by atoms with Gasteiger partial charge in [0.2, 0.25) is 17.6 Å². The molecule has 350 valence electrons. The van der Waals surface area contributed by atoms with E-state index in [1.807, 2.05) is 35.1 Å². The number of hydrogen-bond donors (Lipinski definition) is 3. The van der Waals surface area contributed by atoms with E-state index in [0.717, 1.165) is 91.0 Å². The predicted molar refractivity (Wildman–Crippen MR) is 241 cm³/mol. The number of H-pyrrole nitrogens is 1. The van der Waals surface area contributed by atoms with E-state index in [1.54, 1.807) is 24.4 Å². The Balaban J connectivity index is 0.717. The Hall–Kier alpha value is -6.64. The van der Waals surface area contributed by atoms with Crippen LogP contribution in [0.25, 0.3) is 22.2 Å². The van der Waals surface area contributed by atoms with Gasteiger partial charge in [0.05, 0.1) is 29.0 Å². The number of piperidine rings is 1. The molecule has 0 spiro atoms. The van der Waals surface area contributed by atoms with Gasteiger partial charge in [-0.2, -0.15) is 12.7 Å². The van der Waals surface area contributed by atoms with E-state index in [9.17, 15) is 36.8 Å². The van der Waals surface area contributed by atoms with E-state index in [2.05, 4.69) is 25.1 Å². The van der Waals surface area contributed by atoms with Gasteiger partial charge >= 0.3 is 10.2 Å². The number of halogens is 3. The number of ketones is 1. The molecule has 4 aliphatic rings. The Labute approximate surface area is 383 Å². The summed E-state index contributed by atoms with van der Waals surface area (Å²) in [5, 5.41) is 2.52. The topological polar surface area (TPSA) is 194 Å². The molecule has 9 rings (SSSR count). The van der Waals surface area contributed by atoms with Crippen LogP contribution in [0.15, 0.2) is 73.1 Å². The van der Waals surface area contributed by atoms with E-state index in [0.29, 0.717) is 29.0 Å². The molecule has 67 heavy (non-hydrogen) atoms. The molecule has 5 aromatic rings. The zero-order valence-electron chi connectivity index (χ0n) is 36.2. The molecule has 2 atom stereocenters. The first-order valence-corrected chi connectivity index (χ1v) is 23.7. The van der Waals surface area contributed by atoms with Crippen LogP contribution in [0.3, 0.4) is 0 Å². The van der Waals surface area contributed by atoms with Gasteiger partial charge in [0.1, 0.15) is 29.4 Å². The number of rotatable bonds is 16. The van der Waals surface area contributed by atoms with Crippen LogP contribution in [-0.2, 0) is 19.8 Å². The molecular weight excluding hydrogens is 894 g/mol. The highest BCUT2D eigenvalue weighted by molar-refractivity contribution is 7.90. The molecule has 3 fully saturated rings. The lowest BCUT2D eigenvalue weighted by molar-refractivity contribution is -0.136. The fraction of sp³-hybridized carbons (Fsp3) is 0.362. The van der Waals surface area contributed by atoms with E-state index < -0.39 is 81.3 Å². The highest BCUT2D eigenvalue weighted by atomic mass is 32.2. The minimum Gasteiger partial charge on any atom is -0.494 e. The maximum atomic E-state index is 15.7. The normalized spacial score (nSPS) is 19.3. The number of hydrogen-bond acceptors (Lipinski definition) is 11. The number of ether oxygens (including phenoxy) is 1. The molecule has 6 heterocycles. The lowest BCUT2D eigenvalue weighted by atomic mass is 10.00. The number of unbranched alkanes of at least 4 members (excludes halogenated alkanes) is 3. The van der Waals surface area contributed by atoms with Crippen molar-refractivity contribution in [2.24, 2.45) is 0 Å². The van der Waals surface area contributed by atoms with Gasteiger partial charge in [-0.3, -0.25) is 43.8 Å². The van der Waals surface area contributed by atoms with Crippen molar-refractivity contribution in [2.45, 2.75) is 57.2 Å². The maximum absolute atomic E-state index is 15.7. The number of carbonyl (C=O) groups excluding carboxylic acids is 5. The van der Waals surface area contributed by atoms with E-state index >= 15 is 8.78 Å². The third-order valence-corrected chi connectivity index (χ3v) is 14.2. The lowest BCUT2D eigenvalue weighted by Crippen LogP contribution is -2.54. The molecule has 20 heteroatoms. The average Bonchev–Trinajstić information content (AvgIpc) is 4.03. The molecule has 1 unspecified atom stereocenters. The molecule has 3 N–H and O–H groups in total. The van der Waals surface area contributed by atoms with Crippen LogP contribution in [-0.4, -0.2) is 127 Å². The van der Waals surface area contributed by atoms with Crippen molar-refractivity contribution in [2.75, 3.05) is 62.0 Å². The Morgan fingerprint density at radius 1 is 0.851 bits per heavy atom. The molecule has 2 aromatic heterocycles. The Bertz CT molecular complexity index is 2890. The number of benzene rings is 3. The molecule has 0 radical (unpaired) electrons. The minimum atomic E-state index is -4.36. The van der Waals surface area contributed by atoms with Crippen molar-refractivity contribution >= 4 is 62.0 Å². The van der Waals surface area contributed by atoms with E-state index in [-0.39, 0.29) is 42.5 Å². The Kier molecular flexibility index (Phi) is 12.9. The van der Waals surface area contributed by atoms with Gasteiger partial charge in [0, 0.05) is 80.3 Å². The summed E-state index contributed by atoms with van der Waals surface area (Å²) in [4.78, 5) is 76.9. The molecular formula is C47H47F3N8O8S. The summed E-state index contributed by atoms with van der Waals surface area (Å²) in [6.07, 6.45) is 5.65. The van der Waals surface area contributed by atoms with Gasteiger partial charge in [-0.25, -0.2) is 18.2 Å². The van der Waals surface area contributed by atoms with Crippen LogP contribution in [0.2, 0.25) is 0 Å². The second-order valence-corrected chi connectivity index (χ2v) is 18.8. The van der Waals surface area contributed by atoms with E-state index in [1.165, 1.54) is 6.20 Å². The second kappa shape index (κ2) is 18.9. The Morgan fingerprint density at radius 2 is 1.61 bits per heavy atom. The number of imide groups is 2. The number of aromatic nitrogens is 2. The summed E-state index contributed by atoms with van der Waals surface area (Å²) < 4.78 is 78.8.